The maximum Gasteiger partial charge on any atom is 0.380 e. The van der Waals surface area contributed by atoms with Crippen LogP contribution in [0.2, 0.25) is 0 Å². The highest BCUT2D eigenvalue weighted by Crippen LogP contribution is 2.64. The molecule has 0 radical (unpaired) electrons. The first kappa shape index (κ1) is 31.2. The van der Waals surface area contributed by atoms with Gasteiger partial charge < -0.3 is 19.5 Å². The molecule has 0 unspecified atom stereocenters. The van der Waals surface area contributed by atoms with Crippen LogP contribution in [0, 0.1) is 23.2 Å². The Morgan fingerprint density at radius 1 is 1.14 bits per heavy atom. The average molecular weight is 605 g/mol. The lowest BCUT2D eigenvalue weighted by Crippen LogP contribution is -2.60. The Morgan fingerprint density at radius 2 is 1.86 bits per heavy atom. The molecule has 0 bridgehead atoms. The number of amides is 2. The Hall–Kier alpha value is -2.21. The predicted molar refractivity (Wildman–Crippen MR) is 160 cm³/mol. The van der Waals surface area contributed by atoms with E-state index < -0.39 is 21.9 Å². The molecule has 234 valence electrons. The predicted octanol–water partition coefficient (Wildman–Crippen LogP) is 2.55. The maximum absolute atomic E-state index is 13.2. The number of β-amino-alcohol motifs (C(OH)–C–C–N with tert-alkyl or cyclic N) is 1. The van der Waals surface area contributed by atoms with Gasteiger partial charge in [0.25, 0.3) is 0 Å². The Labute approximate surface area is 250 Å². The van der Waals surface area contributed by atoms with Gasteiger partial charge in [0.2, 0.25) is 11.8 Å². The highest BCUT2D eigenvalue weighted by molar-refractivity contribution is 7.84. The van der Waals surface area contributed by atoms with Crippen molar-refractivity contribution in [2.24, 2.45) is 28.3 Å². The summed E-state index contributed by atoms with van der Waals surface area (Å²) in [5, 5.41) is 20.2. The van der Waals surface area contributed by atoms with E-state index >= 15 is 0 Å². The van der Waals surface area contributed by atoms with E-state index in [9.17, 15) is 23.1 Å². The van der Waals surface area contributed by atoms with Crippen LogP contribution in [0.4, 0.5) is 0 Å². The third-order valence-electron chi connectivity index (χ3n) is 11.0. The van der Waals surface area contributed by atoms with E-state index in [1.807, 2.05) is 30.9 Å². The molecule has 1 saturated heterocycles. The SMILES string of the molecule is CCC(=O)N[C@H](C(=O)N1CCN(C[C@]2(O)CC[C@H]3[C@@H]4CCc5cc(OS(N)(=O)=O)ccc5[C@H]4CC[C@@]32C)CC1)C(C)C. The van der Waals surface area contributed by atoms with Crippen molar-refractivity contribution in [3.05, 3.63) is 29.3 Å². The summed E-state index contributed by atoms with van der Waals surface area (Å²) in [6.45, 7) is 11.2. The van der Waals surface area contributed by atoms with E-state index in [1.54, 1.807) is 13.0 Å². The van der Waals surface area contributed by atoms with Gasteiger partial charge in [0.05, 0.1) is 5.60 Å². The van der Waals surface area contributed by atoms with E-state index in [-0.39, 0.29) is 28.9 Å². The monoisotopic (exact) mass is 604 g/mol. The maximum atomic E-state index is 13.2. The number of hydrogen-bond acceptors (Lipinski definition) is 7. The van der Waals surface area contributed by atoms with Gasteiger partial charge in [-0.05, 0) is 85.5 Å². The third kappa shape index (κ3) is 5.94. The zero-order chi connectivity index (χ0) is 30.4. The van der Waals surface area contributed by atoms with Crippen LogP contribution >= 0.6 is 0 Å². The summed E-state index contributed by atoms with van der Waals surface area (Å²) in [6.07, 6.45) is 5.94. The quantitative estimate of drug-likeness (QED) is 0.414. The summed E-state index contributed by atoms with van der Waals surface area (Å²) >= 11 is 0. The lowest BCUT2D eigenvalue weighted by molar-refractivity contribution is -0.141. The van der Waals surface area contributed by atoms with Gasteiger partial charge in [-0.15, -0.1) is 0 Å². The number of carbonyl (C=O) groups excluding carboxylic acids is 2. The topological polar surface area (TPSA) is 142 Å². The van der Waals surface area contributed by atoms with E-state index in [1.165, 1.54) is 5.56 Å². The van der Waals surface area contributed by atoms with Crippen molar-refractivity contribution in [3.63, 3.8) is 0 Å². The van der Waals surface area contributed by atoms with Gasteiger partial charge in [0, 0.05) is 44.6 Å². The second-order valence-corrected chi connectivity index (χ2v) is 14.8. The van der Waals surface area contributed by atoms with E-state index in [0.29, 0.717) is 56.9 Å². The van der Waals surface area contributed by atoms with Crippen LogP contribution in [-0.4, -0.2) is 79.5 Å². The van der Waals surface area contributed by atoms with Crippen LogP contribution in [0.15, 0.2) is 18.2 Å². The first-order valence-electron chi connectivity index (χ1n) is 15.6. The average Bonchev–Trinajstić information content (AvgIpc) is 3.20. The second-order valence-electron chi connectivity index (χ2n) is 13.6. The number of carbonyl (C=O) groups is 2. The molecule has 1 aliphatic heterocycles. The van der Waals surface area contributed by atoms with Crippen molar-refractivity contribution < 1.29 is 27.3 Å². The van der Waals surface area contributed by atoms with Gasteiger partial charge in [-0.3, -0.25) is 14.5 Å². The number of hydrogen-bond donors (Lipinski definition) is 3. The highest BCUT2D eigenvalue weighted by atomic mass is 32.2. The van der Waals surface area contributed by atoms with Crippen molar-refractivity contribution in [2.45, 2.75) is 90.2 Å². The fourth-order valence-electron chi connectivity index (χ4n) is 8.60. The first-order chi connectivity index (χ1) is 19.7. The van der Waals surface area contributed by atoms with Gasteiger partial charge in [-0.2, -0.15) is 13.6 Å². The molecule has 2 saturated carbocycles. The molecule has 3 aliphatic carbocycles. The van der Waals surface area contributed by atoms with E-state index in [2.05, 4.69) is 17.1 Å². The third-order valence-corrected chi connectivity index (χ3v) is 11.4. The zero-order valence-corrected chi connectivity index (χ0v) is 26.3. The Kier molecular flexibility index (Phi) is 8.70. The number of nitrogens with zero attached hydrogens (tertiary/aromatic N) is 2. The van der Waals surface area contributed by atoms with Crippen LogP contribution in [0.1, 0.15) is 83.3 Å². The second kappa shape index (κ2) is 11.7. The van der Waals surface area contributed by atoms with Crippen LogP contribution < -0.4 is 14.6 Å². The number of benzene rings is 1. The molecule has 0 aromatic heterocycles. The summed E-state index contributed by atoms with van der Waals surface area (Å²) in [7, 11) is -4.06. The molecule has 10 nitrogen and oxygen atoms in total. The summed E-state index contributed by atoms with van der Waals surface area (Å²) in [5.74, 6) is 1.46. The van der Waals surface area contributed by atoms with Crippen molar-refractivity contribution in [1.29, 1.82) is 0 Å². The number of aliphatic hydroxyl groups is 1. The normalized spacial score (nSPS) is 32.1. The molecule has 1 heterocycles. The minimum Gasteiger partial charge on any atom is -0.388 e. The molecule has 42 heavy (non-hydrogen) atoms. The number of nitrogens with two attached hydrogens (primary N) is 1. The molecule has 0 spiro atoms. The largest absolute Gasteiger partial charge is 0.388 e. The summed E-state index contributed by atoms with van der Waals surface area (Å²) in [5.41, 5.74) is 1.46. The molecule has 11 heteroatoms. The van der Waals surface area contributed by atoms with Crippen molar-refractivity contribution in [2.75, 3.05) is 32.7 Å². The molecule has 3 fully saturated rings. The number of nitrogens with one attached hydrogen (secondary N) is 1. The smallest absolute Gasteiger partial charge is 0.380 e. The van der Waals surface area contributed by atoms with Crippen LogP contribution in [-0.2, 0) is 26.3 Å². The molecule has 4 N–H and O–H groups in total. The molecule has 5 rings (SSSR count). The van der Waals surface area contributed by atoms with Gasteiger partial charge in [-0.25, -0.2) is 0 Å². The molecule has 2 amide bonds. The van der Waals surface area contributed by atoms with E-state index in [0.717, 1.165) is 44.1 Å². The Balaban J connectivity index is 1.22. The van der Waals surface area contributed by atoms with Crippen LogP contribution in [0.3, 0.4) is 0 Å². The lowest BCUT2D eigenvalue weighted by atomic mass is 9.53. The molecule has 6 atom stereocenters. The van der Waals surface area contributed by atoms with E-state index in [4.69, 9.17) is 9.32 Å². The summed E-state index contributed by atoms with van der Waals surface area (Å²) in [6, 6.07) is 5.02. The first-order valence-corrected chi connectivity index (χ1v) is 17.1. The minimum absolute atomic E-state index is 0.0152. The van der Waals surface area contributed by atoms with Crippen molar-refractivity contribution >= 4 is 22.1 Å². The molecule has 1 aromatic carbocycles. The lowest BCUT2D eigenvalue weighted by Gasteiger charge is -2.54. The molecule has 1 aromatic rings. The van der Waals surface area contributed by atoms with Gasteiger partial charge in [0.1, 0.15) is 11.8 Å². The van der Waals surface area contributed by atoms with Gasteiger partial charge in [0.15, 0.2) is 0 Å². The Morgan fingerprint density at radius 3 is 2.50 bits per heavy atom. The van der Waals surface area contributed by atoms with Crippen molar-refractivity contribution in [3.8, 4) is 5.75 Å². The fraction of sp³-hybridized carbons (Fsp3) is 0.742. The van der Waals surface area contributed by atoms with Crippen LogP contribution in [0.5, 0.6) is 5.75 Å². The Bertz CT molecular complexity index is 1300. The number of piperazine rings is 1. The molecule has 4 aliphatic rings. The molecular weight excluding hydrogens is 556 g/mol. The van der Waals surface area contributed by atoms with Crippen molar-refractivity contribution in [1.82, 2.24) is 15.1 Å². The summed E-state index contributed by atoms with van der Waals surface area (Å²) < 4.78 is 27.7. The standard InChI is InChI=1S/C31H48N4O6S/c1-5-27(36)33-28(20(2)3)29(37)35-16-14-34(15-17-35)19-31(38)13-11-26-25-8-6-21-18-22(41-42(32,39)40)7-9-23(21)24(25)10-12-30(26,31)4/h7,9,18,20,24-26,28,38H,5-6,8,10-17,19H2,1-4H3,(H,33,36)(H2,32,39,40)/t24-,25-,26+,28+,30+,31-/m1/s1. The summed E-state index contributed by atoms with van der Waals surface area (Å²) in [4.78, 5) is 29.4. The zero-order valence-electron chi connectivity index (χ0n) is 25.5. The number of fused-ring (bicyclic) bond motifs is 5. The number of aryl methyl sites for hydroxylation is 1. The molecular formula is C31H48N4O6S. The highest BCUT2D eigenvalue weighted by Gasteiger charge is 2.61. The minimum atomic E-state index is -4.06. The fourth-order valence-corrected chi connectivity index (χ4v) is 8.97. The van der Waals surface area contributed by atoms with Gasteiger partial charge >= 0.3 is 10.3 Å². The number of rotatable bonds is 8. The van der Waals surface area contributed by atoms with Gasteiger partial charge in [-0.1, -0.05) is 33.8 Å². The van der Waals surface area contributed by atoms with Crippen LogP contribution in [0.25, 0.3) is 0 Å².